The van der Waals surface area contributed by atoms with Gasteiger partial charge in [0, 0.05) is 55.2 Å². The molecule has 5 rings (SSSR count). The van der Waals surface area contributed by atoms with Gasteiger partial charge in [0.1, 0.15) is 17.2 Å². The van der Waals surface area contributed by atoms with Gasteiger partial charge in [-0.2, -0.15) is 0 Å². The average molecular weight is 817 g/mol. The molecule has 19 heteroatoms. The summed E-state index contributed by atoms with van der Waals surface area (Å²) in [7, 11) is 0. The highest BCUT2D eigenvalue weighted by molar-refractivity contribution is 8.01. The molecule has 2 saturated heterocycles. The molecule has 1 atom stereocenters. The van der Waals surface area contributed by atoms with Gasteiger partial charge < -0.3 is 41.2 Å². The van der Waals surface area contributed by atoms with Crippen LogP contribution in [0.3, 0.4) is 0 Å². The number of aromatic nitrogens is 2. The Morgan fingerprint density at radius 2 is 1.51 bits per heavy atom. The lowest BCUT2D eigenvalue weighted by Gasteiger charge is -2.43. The third-order valence-electron chi connectivity index (χ3n) is 8.85. The smallest absolute Gasteiger partial charge is 0.457 e. The summed E-state index contributed by atoms with van der Waals surface area (Å²) in [4.78, 5) is 55.2. The number of nitrogens with two attached hydrogens (primary N) is 2. The van der Waals surface area contributed by atoms with Gasteiger partial charge in [0.25, 0.3) is 11.8 Å². The maximum atomic E-state index is 13.3. The number of nitrogens with zero attached hydrogens (tertiary/aromatic N) is 3. The van der Waals surface area contributed by atoms with E-state index >= 15 is 0 Å². The average Bonchev–Trinajstić information content (AvgIpc) is 3.15. The standard InChI is InChI=1S/C38H47F3N8O7S/c1-23(48-56-29-7-5-6-22-53-29)37(57-27-14-12-25(13-15-27)54-24-8-10-26(11-9-24)55-38(39,40)41)17-20-49(21-18-37)28(50)16-19-44-34(51)30-32(42)46-31(33(43)45-30)35(52)47-36(2,3)4/h8-15,29,48H,1,5-7,16-22H2,2-4H3,(H2,42,46)(H2,43,45)(H,44,51)(H,47,52). The third-order valence-corrected chi connectivity index (χ3v) is 10.4. The number of hydroxylamine groups is 1. The van der Waals surface area contributed by atoms with E-state index in [0.29, 0.717) is 49.7 Å². The molecule has 57 heavy (non-hydrogen) atoms. The zero-order valence-corrected chi connectivity index (χ0v) is 32.7. The summed E-state index contributed by atoms with van der Waals surface area (Å²) >= 11 is 1.55. The third kappa shape index (κ3) is 12.4. The van der Waals surface area contributed by atoms with Crippen LogP contribution < -0.4 is 37.1 Å². The molecule has 0 spiro atoms. The van der Waals surface area contributed by atoms with E-state index in [2.05, 4.69) is 37.4 Å². The number of thioether (sulfide) groups is 1. The van der Waals surface area contributed by atoms with Crippen LogP contribution in [-0.2, 0) is 14.4 Å². The Bertz CT molecular complexity index is 1900. The van der Waals surface area contributed by atoms with Crippen LogP contribution in [0.15, 0.2) is 65.7 Å². The van der Waals surface area contributed by atoms with Crippen molar-refractivity contribution in [1.29, 1.82) is 0 Å². The van der Waals surface area contributed by atoms with E-state index in [0.717, 1.165) is 24.2 Å². The second-order valence-electron chi connectivity index (χ2n) is 14.5. The van der Waals surface area contributed by atoms with E-state index in [4.69, 9.17) is 25.8 Å². The minimum absolute atomic E-state index is 0.00163. The molecule has 3 amide bonds. The molecule has 2 aliphatic heterocycles. The number of benzene rings is 2. The Balaban J connectivity index is 1.18. The number of nitrogen functional groups attached to an aromatic ring is 2. The molecule has 3 heterocycles. The molecule has 0 bridgehead atoms. The zero-order valence-electron chi connectivity index (χ0n) is 31.9. The fraction of sp³-hybridized carbons (Fsp3) is 0.447. The first-order chi connectivity index (χ1) is 26.9. The quantitative estimate of drug-likeness (QED) is 0.124. The lowest BCUT2D eigenvalue weighted by Crippen LogP contribution is -2.49. The van der Waals surface area contributed by atoms with Crippen molar-refractivity contribution in [2.24, 2.45) is 0 Å². The Hall–Kier alpha value is -5.27. The van der Waals surface area contributed by atoms with E-state index in [1.807, 2.05) is 12.1 Å². The summed E-state index contributed by atoms with van der Waals surface area (Å²) < 4.78 is 52.4. The number of alkyl halides is 3. The van der Waals surface area contributed by atoms with Gasteiger partial charge in [-0.3, -0.25) is 19.9 Å². The van der Waals surface area contributed by atoms with E-state index in [9.17, 15) is 27.6 Å². The largest absolute Gasteiger partial charge is 0.573 e. The van der Waals surface area contributed by atoms with E-state index in [1.165, 1.54) is 24.3 Å². The van der Waals surface area contributed by atoms with Crippen molar-refractivity contribution in [2.75, 3.05) is 37.7 Å². The zero-order chi connectivity index (χ0) is 41.4. The number of likely N-dealkylation sites (tertiary alicyclic amines) is 1. The van der Waals surface area contributed by atoms with Crippen LogP contribution >= 0.6 is 11.8 Å². The summed E-state index contributed by atoms with van der Waals surface area (Å²) in [5.41, 5.74) is 14.5. The molecular formula is C38H47F3N8O7S. The predicted octanol–water partition coefficient (Wildman–Crippen LogP) is 5.70. The predicted molar refractivity (Wildman–Crippen MR) is 206 cm³/mol. The maximum Gasteiger partial charge on any atom is 0.573 e. The molecule has 308 valence electrons. The van der Waals surface area contributed by atoms with Crippen LogP contribution in [0.5, 0.6) is 17.2 Å². The minimum Gasteiger partial charge on any atom is -0.457 e. The molecule has 0 saturated carbocycles. The highest BCUT2D eigenvalue weighted by atomic mass is 32.2. The molecule has 2 aromatic carbocycles. The molecule has 1 unspecified atom stereocenters. The number of ether oxygens (including phenoxy) is 3. The summed E-state index contributed by atoms with van der Waals surface area (Å²) in [5, 5.41) is 5.35. The second kappa shape index (κ2) is 18.3. The van der Waals surface area contributed by atoms with Crippen molar-refractivity contribution in [3.8, 4) is 17.2 Å². The number of hydrogen-bond acceptors (Lipinski definition) is 13. The van der Waals surface area contributed by atoms with Crippen molar-refractivity contribution < 1.29 is 46.6 Å². The monoisotopic (exact) mass is 816 g/mol. The fourth-order valence-corrected chi connectivity index (χ4v) is 7.26. The molecule has 2 aliphatic rings. The van der Waals surface area contributed by atoms with Crippen LogP contribution in [0.2, 0.25) is 0 Å². The van der Waals surface area contributed by atoms with Gasteiger partial charge in [0.05, 0.1) is 4.75 Å². The maximum absolute atomic E-state index is 13.3. The van der Waals surface area contributed by atoms with Gasteiger partial charge in [0.15, 0.2) is 29.3 Å². The summed E-state index contributed by atoms with van der Waals surface area (Å²) in [6.07, 6.45) is -1.48. The summed E-state index contributed by atoms with van der Waals surface area (Å²) in [6, 6.07) is 12.3. The highest BCUT2D eigenvalue weighted by Crippen LogP contribution is 2.45. The van der Waals surface area contributed by atoms with Gasteiger partial charge in [-0.25, -0.2) is 14.8 Å². The van der Waals surface area contributed by atoms with Crippen LogP contribution in [0.1, 0.15) is 80.3 Å². The van der Waals surface area contributed by atoms with Crippen LogP contribution in [0.4, 0.5) is 24.8 Å². The minimum atomic E-state index is -4.79. The summed E-state index contributed by atoms with van der Waals surface area (Å²) in [6.45, 7) is 11.1. The Kier molecular flexibility index (Phi) is 13.8. The lowest BCUT2D eigenvalue weighted by atomic mass is 9.92. The van der Waals surface area contributed by atoms with Gasteiger partial charge in [-0.05, 0) is 95.0 Å². The number of hydrogen-bond donors (Lipinski definition) is 5. The van der Waals surface area contributed by atoms with E-state index in [1.54, 1.807) is 49.6 Å². The van der Waals surface area contributed by atoms with Crippen molar-refractivity contribution in [1.82, 2.24) is 31.0 Å². The molecular weight excluding hydrogens is 770 g/mol. The van der Waals surface area contributed by atoms with Gasteiger partial charge in [0.2, 0.25) is 5.91 Å². The number of carbonyl (C=O) groups excluding carboxylic acids is 3. The van der Waals surface area contributed by atoms with Crippen LogP contribution in [0, 0.1) is 0 Å². The number of carbonyl (C=O) groups is 3. The number of nitrogens with one attached hydrogen (secondary N) is 3. The number of amides is 3. The highest BCUT2D eigenvalue weighted by Gasteiger charge is 2.40. The topological polar surface area (TPSA) is 205 Å². The SMILES string of the molecule is C=C(NOC1CCCCO1)C1(Sc2ccc(Oc3ccc(OC(F)(F)F)cc3)cc2)CCN(C(=O)CCNC(=O)c2nc(N)c(C(=O)NC(C)(C)C)nc2N)CC1. The van der Waals surface area contributed by atoms with Gasteiger partial charge in [-0.1, -0.05) is 6.58 Å². The normalized spacial score (nSPS) is 16.9. The van der Waals surface area contributed by atoms with Crippen molar-refractivity contribution in [3.05, 3.63) is 72.2 Å². The van der Waals surface area contributed by atoms with Gasteiger partial charge in [-0.15, -0.1) is 24.9 Å². The molecule has 0 aliphatic carbocycles. The fourth-order valence-electron chi connectivity index (χ4n) is 5.98. The Morgan fingerprint density at radius 1 is 0.930 bits per heavy atom. The Labute approximate surface area is 332 Å². The number of rotatable bonds is 14. The Morgan fingerprint density at radius 3 is 2.07 bits per heavy atom. The van der Waals surface area contributed by atoms with Crippen molar-refractivity contribution in [3.63, 3.8) is 0 Å². The molecule has 15 nitrogen and oxygen atoms in total. The second-order valence-corrected chi connectivity index (χ2v) is 15.9. The number of anilines is 2. The molecule has 0 radical (unpaired) electrons. The van der Waals surface area contributed by atoms with Crippen molar-refractivity contribution in [2.45, 2.75) is 87.1 Å². The number of piperidine rings is 1. The lowest BCUT2D eigenvalue weighted by molar-refractivity contribution is -0.274. The molecule has 2 fully saturated rings. The van der Waals surface area contributed by atoms with E-state index in [-0.39, 0.29) is 47.6 Å². The first-order valence-electron chi connectivity index (χ1n) is 18.3. The molecule has 1 aromatic heterocycles. The first kappa shape index (κ1) is 42.9. The van der Waals surface area contributed by atoms with Gasteiger partial charge >= 0.3 is 6.36 Å². The number of halogens is 3. The molecule has 3 aromatic rings. The van der Waals surface area contributed by atoms with Crippen LogP contribution in [0.25, 0.3) is 0 Å². The molecule has 7 N–H and O–H groups in total. The first-order valence-corrected chi connectivity index (χ1v) is 19.1. The van der Waals surface area contributed by atoms with E-state index < -0.39 is 34.8 Å². The summed E-state index contributed by atoms with van der Waals surface area (Å²) in [5.74, 6) is -1.53. The van der Waals surface area contributed by atoms with Crippen LogP contribution in [-0.4, -0.2) is 81.8 Å². The van der Waals surface area contributed by atoms with Crippen molar-refractivity contribution >= 4 is 41.1 Å².